The number of carbonyl (C=O) groups is 2. The molecular formula is C26H34Cl2N8O2. The normalized spacial score (nSPS) is 21.1. The fourth-order valence-corrected chi connectivity index (χ4v) is 5.83. The zero-order valence-corrected chi connectivity index (χ0v) is 23.2. The molecule has 3 aromatic rings. The molecule has 3 aromatic heterocycles. The molecule has 204 valence electrons. The quantitative estimate of drug-likeness (QED) is 0.483. The van der Waals surface area contributed by atoms with Crippen LogP contribution in [0.15, 0.2) is 30.6 Å². The van der Waals surface area contributed by atoms with Gasteiger partial charge in [0, 0.05) is 56.8 Å². The summed E-state index contributed by atoms with van der Waals surface area (Å²) in [6.07, 6.45) is 10.6. The van der Waals surface area contributed by atoms with Crippen molar-refractivity contribution in [2.24, 2.45) is 0 Å². The lowest BCUT2D eigenvalue weighted by Gasteiger charge is -2.24. The smallest absolute Gasteiger partial charge is 0.270 e. The van der Waals surface area contributed by atoms with Crippen molar-refractivity contribution >= 4 is 65.1 Å². The Hall–Kier alpha value is -2.95. The van der Waals surface area contributed by atoms with E-state index >= 15 is 0 Å². The third-order valence-corrected chi connectivity index (χ3v) is 7.65. The van der Waals surface area contributed by atoms with Crippen LogP contribution in [0.1, 0.15) is 61.5 Å². The summed E-state index contributed by atoms with van der Waals surface area (Å²) >= 11 is 0. The zero-order chi connectivity index (χ0) is 24.8. The summed E-state index contributed by atoms with van der Waals surface area (Å²) in [5.41, 5.74) is 2.22. The fourth-order valence-electron chi connectivity index (χ4n) is 5.83. The van der Waals surface area contributed by atoms with Crippen molar-refractivity contribution in [3.8, 4) is 0 Å². The van der Waals surface area contributed by atoms with Gasteiger partial charge in [0.05, 0.1) is 11.9 Å². The number of fused-ring (bicyclic) bond motifs is 3. The Morgan fingerprint density at radius 3 is 2.53 bits per heavy atom. The topological polar surface area (TPSA) is 108 Å². The first-order valence-electron chi connectivity index (χ1n) is 12.9. The summed E-state index contributed by atoms with van der Waals surface area (Å²) in [6, 6.07) is 6.57. The largest absolute Gasteiger partial charge is 0.343 e. The molecule has 6 rings (SSSR count). The summed E-state index contributed by atoms with van der Waals surface area (Å²) in [5.74, 6) is 1.14. The average Bonchev–Trinajstić information content (AvgIpc) is 3.59. The van der Waals surface area contributed by atoms with Crippen LogP contribution in [0.2, 0.25) is 0 Å². The summed E-state index contributed by atoms with van der Waals surface area (Å²) in [6.45, 7) is 0.676. The Morgan fingerprint density at radius 1 is 1.05 bits per heavy atom. The second-order valence-electron chi connectivity index (χ2n) is 10.4. The van der Waals surface area contributed by atoms with Crippen molar-refractivity contribution in [3.05, 3.63) is 36.3 Å². The Bertz CT molecular complexity index is 1310. The highest BCUT2D eigenvalue weighted by Gasteiger charge is 2.34. The van der Waals surface area contributed by atoms with Crippen molar-refractivity contribution in [1.29, 1.82) is 0 Å². The first-order valence-corrected chi connectivity index (χ1v) is 12.9. The Kier molecular flexibility index (Phi) is 8.44. The lowest BCUT2D eigenvalue weighted by Crippen LogP contribution is -2.37. The Morgan fingerprint density at radius 2 is 1.82 bits per heavy atom. The minimum Gasteiger partial charge on any atom is -0.343 e. The predicted molar refractivity (Wildman–Crippen MR) is 152 cm³/mol. The van der Waals surface area contributed by atoms with Crippen LogP contribution in [0.25, 0.3) is 11.0 Å². The molecule has 12 heteroatoms. The molecular weight excluding hydrogens is 527 g/mol. The van der Waals surface area contributed by atoms with Gasteiger partial charge in [-0.3, -0.25) is 9.59 Å². The lowest BCUT2D eigenvalue weighted by atomic mass is 10.1. The van der Waals surface area contributed by atoms with Gasteiger partial charge in [-0.1, -0.05) is 12.8 Å². The van der Waals surface area contributed by atoms with Gasteiger partial charge < -0.3 is 25.0 Å². The van der Waals surface area contributed by atoms with Crippen molar-refractivity contribution in [1.82, 2.24) is 29.7 Å². The van der Waals surface area contributed by atoms with Gasteiger partial charge in [0.15, 0.2) is 0 Å². The molecule has 38 heavy (non-hydrogen) atoms. The first-order chi connectivity index (χ1) is 17.5. The van der Waals surface area contributed by atoms with Gasteiger partial charge in [-0.15, -0.1) is 24.8 Å². The predicted octanol–water partition coefficient (Wildman–Crippen LogP) is 4.09. The average molecular weight is 562 g/mol. The van der Waals surface area contributed by atoms with E-state index in [1.807, 2.05) is 23.1 Å². The van der Waals surface area contributed by atoms with Crippen LogP contribution in [0.4, 0.5) is 17.5 Å². The minimum absolute atomic E-state index is 0. The van der Waals surface area contributed by atoms with E-state index in [9.17, 15) is 9.59 Å². The first kappa shape index (κ1) is 28.1. The van der Waals surface area contributed by atoms with Crippen LogP contribution in [0.5, 0.6) is 0 Å². The minimum atomic E-state index is -0.0295. The number of hydrogen-bond acceptors (Lipinski definition) is 7. The molecule has 5 heterocycles. The number of carbonyl (C=O) groups excluding carboxylic acids is 2. The van der Waals surface area contributed by atoms with Gasteiger partial charge in [-0.25, -0.2) is 9.97 Å². The highest BCUT2D eigenvalue weighted by molar-refractivity contribution is 5.98. The highest BCUT2D eigenvalue weighted by atomic mass is 35.5. The molecule has 0 spiro atoms. The van der Waals surface area contributed by atoms with Crippen LogP contribution in [-0.2, 0) is 4.79 Å². The van der Waals surface area contributed by atoms with Crippen molar-refractivity contribution in [3.63, 3.8) is 0 Å². The highest BCUT2D eigenvalue weighted by Crippen LogP contribution is 2.35. The van der Waals surface area contributed by atoms with Crippen LogP contribution in [-0.4, -0.2) is 69.0 Å². The number of nitrogens with one attached hydrogen (secondary N) is 2. The van der Waals surface area contributed by atoms with Crippen molar-refractivity contribution in [2.75, 3.05) is 30.9 Å². The number of aromatic nitrogens is 4. The van der Waals surface area contributed by atoms with Crippen LogP contribution >= 0.6 is 24.8 Å². The molecule has 2 bridgehead atoms. The summed E-state index contributed by atoms with van der Waals surface area (Å²) in [7, 11) is 3.54. The maximum Gasteiger partial charge on any atom is 0.270 e. The molecule has 2 amide bonds. The van der Waals surface area contributed by atoms with E-state index in [0.29, 0.717) is 42.5 Å². The van der Waals surface area contributed by atoms with Gasteiger partial charge in [0.1, 0.15) is 17.2 Å². The zero-order valence-electron chi connectivity index (χ0n) is 21.6. The molecule has 2 unspecified atom stereocenters. The molecule has 2 aliphatic heterocycles. The van der Waals surface area contributed by atoms with Gasteiger partial charge in [0.2, 0.25) is 11.9 Å². The molecule has 2 saturated heterocycles. The van der Waals surface area contributed by atoms with E-state index in [4.69, 9.17) is 4.98 Å². The van der Waals surface area contributed by atoms with Crippen LogP contribution < -0.4 is 15.5 Å². The molecule has 1 saturated carbocycles. The maximum atomic E-state index is 12.9. The second kappa shape index (κ2) is 11.4. The Balaban J connectivity index is 0.00000168. The SMILES string of the molecule is CN(C)C(=O)c1cc2cnc(Nc3ccc(N4CC5CCC(CC4=O)N5)cn3)nc2n1C1CCCC1.Cl.Cl. The van der Waals surface area contributed by atoms with E-state index < -0.39 is 0 Å². The number of amides is 2. The maximum absolute atomic E-state index is 12.9. The van der Waals surface area contributed by atoms with E-state index in [-0.39, 0.29) is 42.7 Å². The number of pyridine rings is 1. The van der Waals surface area contributed by atoms with Crippen molar-refractivity contribution in [2.45, 2.75) is 63.1 Å². The number of anilines is 3. The molecule has 0 aromatic carbocycles. The van der Waals surface area contributed by atoms with E-state index in [1.165, 1.54) is 0 Å². The molecule has 0 radical (unpaired) electrons. The van der Waals surface area contributed by atoms with Crippen LogP contribution in [0, 0.1) is 0 Å². The molecule has 1 aliphatic carbocycles. The standard InChI is InChI=1S/C26H32N8O2.2ClH/c1-32(2)25(36)21-11-16-13-28-26(31-24(16)34(21)19-5-3-4-6-19)30-22-10-9-20(14-27-22)33-15-18-8-7-17(29-18)12-23(33)35;;/h9-11,13-14,17-19,29H,3-8,12,15H2,1-2H3,(H,27,28,30,31);2*1H. The monoisotopic (exact) mass is 560 g/mol. The summed E-state index contributed by atoms with van der Waals surface area (Å²) in [4.78, 5) is 42.9. The lowest BCUT2D eigenvalue weighted by molar-refractivity contribution is -0.118. The van der Waals surface area contributed by atoms with Crippen molar-refractivity contribution < 1.29 is 9.59 Å². The molecule has 3 aliphatic rings. The van der Waals surface area contributed by atoms with E-state index in [1.54, 1.807) is 31.4 Å². The van der Waals surface area contributed by atoms with Crippen LogP contribution in [0.3, 0.4) is 0 Å². The second-order valence-corrected chi connectivity index (χ2v) is 10.4. The summed E-state index contributed by atoms with van der Waals surface area (Å²) in [5, 5.41) is 7.59. The molecule has 10 nitrogen and oxygen atoms in total. The van der Waals surface area contributed by atoms with E-state index in [0.717, 1.165) is 55.2 Å². The Labute approximate surface area is 234 Å². The molecule has 3 fully saturated rings. The third kappa shape index (κ3) is 5.30. The van der Waals surface area contributed by atoms with E-state index in [2.05, 4.69) is 25.2 Å². The fraction of sp³-hybridized carbons (Fsp3) is 0.500. The summed E-state index contributed by atoms with van der Waals surface area (Å²) < 4.78 is 2.10. The number of halogens is 2. The van der Waals surface area contributed by atoms with Gasteiger partial charge in [-0.2, -0.15) is 4.98 Å². The van der Waals surface area contributed by atoms with Gasteiger partial charge in [-0.05, 0) is 43.9 Å². The molecule has 2 N–H and O–H groups in total. The van der Waals surface area contributed by atoms with Gasteiger partial charge in [0.25, 0.3) is 5.91 Å². The van der Waals surface area contributed by atoms with Gasteiger partial charge >= 0.3 is 0 Å². The molecule has 2 atom stereocenters. The number of rotatable bonds is 5. The number of nitrogens with zero attached hydrogens (tertiary/aromatic N) is 6. The third-order valence-electron chi connectivity index (χ3n) is 7.65. The number of hydrogen-bond donors (Lipinski definition) is 2.